The minimum atomic E-state index is -0.234. The second-order valence-corrected chi connectivity index (χ2v) is 9.74. The van der Waals surface area contributed by atoms with Crippen molar-refractivity contribution < 1.29 is 4.79 Å². The Morgan fingerprint density at radius 1 is 1.00 bits per heavy atom. The number of anilines is 1. The van der Waals surface area contributed by atoms with Crippen molar-refractivity contribution in [3.05, 3.63) is 101 Å². The number of carbonyl (C=O) groups is 1. The molecule has 2 aromatic carbocycles. The van der Waals surface area contributed by atoms with Crippen LogP contribution in [0.5, 0.6) is 0 Å². The number of hydrogen-bond donors (Lipinski definition) is 2. The molecule has 35 heavy (non-hydrogen) atoms. The highest BCUT2D eigenvalue weighted by atomic mass is 32.2. The van der Waals surface area contributed by atoms with Crippen LogP contribution in [0.1, 0.15) is 11.1 Å². The Kier molecular flexibility index (Phi) is 7.15. The van der Waals surface area contributed by atoms with Crippen LogP contribution in [0, 0.1) is 0 Å². The average molecular weight is 489 g/mol. The van der Waals surface area contributed by atoms with Crippen molar-refractivity contribution in [3.63, 3.8) is 0 Å². The lowest BCUT2D eigenvalue weighted by Gasteiger charge is -2.35. The van der Waals surface area contributed by atoms with E-state index in [9.17, 15) is 9.59 Å². The van der Waals surface area contributed by atoms with Crippen LogP contribution < -0.4 is 16.3 Å². The van der Waals surface area contributed by atoms with Gasteiger partial charge in [-0.05, 0) is 35.4 Å². The van der Waals surface area contributed by atoms with E-state index in [2.05, 4.69) is 44.9 Å². The number of benzene rings is 2. The number of hydrogen-bond acceptors (Lipinski definition) is 5. The van der Waals surface area contributed by atoms with E-state index in [4.69, 9.17) is 0 Å². The van der Waals surface area contributed by atoms with Gasteiger partial charge < -0.3 is 10.6 Å². The Balaban J connectivity index is 1.18. The fourth-order valence-corrected chi connectivity index (χ4v) is 5.41. The van der Waals surface area contributed by atoms with E-state index in [0.29, 0.717) is 24.4 Å². The molecule has 2 aromatic heterocycles. The molecule has 0 radical (unpaired) electrons. The summed E-state index contributed by atoms with van der Waals surface area (Å²) in [6, 6.07) is 23.4. The second kappa shape index (κ2) is 10.8. The van der Waals surface area contributed by atoms with Gasteiger partial charge in [0.25, 0.3) is 0 Å². The van der Waals surface area contributed by atoms with Gasteiger partial charge in [0.05, 0.1) is 6.54 Å². The third kappa shape index (κ3) is 5.75. The van der Waals surface area contributed by atoms with E-state index in [1.165, 1.54) is 14.6 Å². The van der Waals surface area contributed by atoms with E-state index in [-0.39, 0.29) is 17.8 Å². The Morgan fingerprint density at radius 3 is 2.69 bits per heavy atom. The molecule has 180 valence electrons. The van der Waals surface area contributed by atoms with Crippen molar-refractivity contribution in [2.75, 3.05) is 29.9 Å². The molecule has 2 amide bonds. The zero-order chi connectivity index (χ0) is 24.0. The largest absolute Gasteiger partial charge is 0.350 e. The van der Waals surface area contributed by atoms with Gasteiger partial charge in [-0.2, -0.15) is 11.8 Å². The normalized spacial score (nSPS) is 16.3. The number of thioether (sulfide) groups is 1. The van der Waals surface area contributed by atoms with Crippen LogP contribution in [0.3, 0.4) is 0 Å². The molecule has 5 rings (SSSR count). The molecule has 1 aliphatic heterocycles. The second-order valence-electron chi connectivity index (χ2n) is 8.59. The number of urea groups is 1. The molecule has 1 saturated heterocycles. The predicted molar refractivity (Wildman–Crippen MR) is 140 cm³/mol. The molecule has 1 aliphatic rings. The first kappa shape index (κ1) is 23.2. The number of aromatic nitrogens is 3. The molecule has 0 saturated carbocycles. The number of rotatable bonds is 7. The quantitative estimate of drug-likeness (QED) is 0.417. The van der Waals surface area contributed by atoms with Crippen molar-refractivity contribution in [2.45, 2.75) is 19.1 Å². The first-order valence-corrected chi connectivity index (χ1v) is 12.8. The van der Waals surface area contributed by atoms with Crippen molar-refractivity contribution in [2.24, 2.45) is 0 Å². The summed E-state index contributed by atoms with van der Waals surface area (Å²) in [5.74, 6) is 2.11. The van der Waals surface area contributed by atoms with Gasteiger partial charge in [0, 0.05) is 49.1 Å². The summed E-state index contributed by atoms with van der Waals surface area (Å²) in [5, 5.41) is 10.3. The van der Waals surface area contributed by atoms with Gasteiger partial charge in [0.2, 0.25) is 0 Å². The third-order valence-electron chi connectivity index (χ3n) is 6.08. The molecule has 8 nitrogen and oxygen atoms in total. The molecule has 1 atom stereocenters. The van der Waals surface area contributed by atoms with Crippen molar-refractivity contribution in [1.82, 2.24) is 24.4 Å². The van der Waals surface area contributed by atoms with E-state index in [0.717, 1.165) is 30.2 Å². The van der Waals surface area contributed by atoms with Crippen molar-refractivity contribution >= 4 is 29.1 Å². The zero-order valence-corrected chi connectivity index (χ0v) is 20.2. The highest BCUT2D eigenvalue weighted by molar-refractivity contribution is 7.99. The Morgan fingerprint density at radius 2 is 1.83 bits per heavy atom. The number of nitrogens with zero attached hydrogens (tertiary/aromatic N) is 4. The molecule has 1 unspecified atom stereocenters. The standard InChI is InChI=1S/C26H28N6O2S/c33-25(27-16-23-19-35-14-13-30(23)17-20-7-2-1-3-8-20)28-22-10-6-9-21(15-22)18-32-26(34)31-12-5-4-11-24(31)29-32/h1-12,15,23H,13-14,16-19H2,(H2,27,28,33). The van der Waals surface area contributed by atoms with Crippen LogP contribution >= 0.6 is 11.8 Å². The molecule has 0 bridgehead atoms. The Bertz CT molecular complexity index is 1350. The number of carbonyl (C=O) groups excluding carboxylic acids is 1. The monoisotopic (exact) mass is 488 g/mol. The van der Waals surface area contributed by atoms with Crippen molar-refractivity contribution in [1.29, 1.82) is 0 Å². The summed E-state index contributed by atoms with van der Waals surface area (Å²) in [4.78, 5) is 27.6. The molecule has 3 heterocycles. The van der Waals surface area contributed by atoms with Crippen LogP contribution in [-0.4, -0.2) is 55.7 Å². The van der Waals surface area contributed by atoms with Gasteiger partial charge in [0.1, 0.15) is 0 Å². The van der Waals surface area contributed by atoms with Gasteiger partial charge in [-0.15, -0.1) is 5.10 Å². The summed E-state index contributed by atoms with van der Waals surface area (Å²) < 4.78 is 2.94. The lowest BCUT2D eigenvalue weighted by molar-refractivity contribution is 0.203. The molecule has 1 fully saturated rings. The minimum Gasteiger partial charge on any atom is -0.336 e. The van der Waals surface area contributed by atoms with Crippen LogP contribution in [-0.2, 0) is 13.1 Å². The third-order valence-corrected chi connectivity index (χ3v) is 7.17. The van der Waals surface area contributed by atoms with Crippen LogP contribution in [0.25, 0.3) is 5.65 Å². The van der Waals surface area contributed by atoms with Gasteiger partial charge >= 0.3 is 11.7 Å². The van der Waals surface area contributed by atoms with Crippen LogP contribution in [0.2, 0.25) is 0 Å². The number of pyridine rings is 1. The Hall–Kier alpha value is -3.56. The first-order chi connectivity index (χ1) is 17.2. The zero-order valence-electron chi connectivity index (χ0n) is 19.3. The lowest BCUT2D eigenvalue weighted by Crippen LogP contribution is -2.49. The van der Waals surface area contributed by atoms with Crippen LogP contribution in [0.4, 0.5) is 10.5 Å². The lowest BCUT2D eigenvalue weighted by atomic mass is 10.1. The summed E-state index contributed by atoms with van der Waals surface area (Å²) in [6.07, 6.45) is 1.70. The summed E-state index contributed by atoms with van der Waals surface area (Å²) >= 11 is 1.93. The fraction of sp³-hybridized carbons (Fsp3) is 0.269. The number of amides is 2. The molecular formula is C26H28N6O2S. The number of nitrogens with one attached hydrogen (secondary N) is 2. The van der Waals surface area contributed by atoms with E-state index in [1.54, 1.807) is 18.3 Å². The molecular weight excluding hydrogens is 460 g/mol. The topological polar surface area (TPSA) is 83.7 Å². The summed E-state index contributed by atoms with van der Waals surface area (Å²) in [6.45, 7) is 2.81. The average Bonchev–Trinajstić information content (AvgIpc) is 3.19. The van der Waals surface area contributed by atoms with Gasteiger partial charge in [-0.3, -0.25) is 9.30 Å². The van der Waals surface area contributed by atoms with Crippen molar-refractivity contribution in [3.8, 4) is 0 Å². The van der Waals surface area contributed by atoms with E-state index in [1.807, 2.05) is 48.2 Å². The van der Waals surface area contributed by atoms with Gasteiger partial charge in [-0.25, -0.2) is 14.3 Å². The van der Waals surface area contributed by atoms with E-state index < -0.39 is 0 Å². The number of fused-ring (bicyclic) bond motifs is 1. The molecule has 9 heteroatoms. The van der Waals surface area contributed by atoms with Gasteiger partial charge in [0.15, 0.2) is 5.65 Å². The smallest absolute Gasteiger partial charge is 0.336 e. The predicted octanol–water partition coefficient (Wildman–Crippen LogP) is 3.28. The SMILES string of the molecule is O=C(NCC1CSCCN1Cc1ccccc1)Nc1cccc(Cn2nc3ccccn3c2=O)c1. The minimum absolute atomic E-state index is 0.192. The van der Waals surface area contributed by atoms with E-state index >= 15 is 0 Å². The molecule has 2 N–H and O–H groups in total. The first-order valence-electron chi connectivity index (χ1n) is 11.7. The van der Waals surface area contributed by atoms with Gasteiger partial charge in [-0.1, -0.05) is 48.5 Å². The highest BCUT2D eigenvalue weighted by Crippen LogP contribution is 2.19. The summed E-state index contributed by atoms with van der Waals surface area (Å²) in [5.41, 5.74) is 3.26. The maximum absolute atomic E-state index is 12.6. The summed E-state index contributed by atoms with van der Waals surface area (Å²) in [7, 11) is 0. The molecule has 4 aromatic rings. The maximum atomic E-state index is 12.6. The maximum Gasteiger partial charge on any atom is 0.350 e. The molecule has 0 aliphatic carbocycles. The Labute approximate surface area is 208 Å². The highest BCUT2D eigenvalue weighted by Gasteiger charge is 2.23. The van der Waals surface area contributed by atoms with Crippen LogP contribution in [0.15, 0.2) is 83.8 Å². The molecule has 0 spiro atoms. The fourth-order valence-electron chi connectivity index (χ4n) is 4.28.